The topological polar surface area (TPSA) is 58.2 Å². The van der Waals surface area contributed by atoms with Crippen molar-refractivity contribution >= 4 is 23.2 Å². The molecule has 1 fully saturated rings. The minimum atomic E-state index is -0.0127. The third kappa shape index (κ3) is 4.69. The van der Waals surface area contributed by atoms with Crippen LogP contribution in [0.15, 0.2) is 54.6 Å². The number of para-hydroxylation sites is 1. The van der Waals surface area contributed by atoms with Gasteiger partial charge in [0.25, 0.3) is 0 Å². The molecule has 25 heavy (non-hydrogen) atoms. The van der Waals surface area contributed by atoms with Crippen molar-refractivity contribution in [2.45, 2.75) is 32.6 Å². The van der Waals surface area contributed by atoms with Crippen LogP contribution in [-0.4, -0.2) is 11.8 Å². The molecule has 1 aliphatic carbocycles. The zero-order valence-electron chi connectivity index (χ0n) is 14.5. The van der Waals surface area contributed by atoms with Gasteiger partial charge in [0.2, 0.25) is 11.8 Å². The van der Waals surface area contributed by atoms with E-state index in [1.807, 2.05) is 61.5 Å². The van der Waals surface area contributed by atoms with Gasteiger partial charge in [-0.25, -0.2) is 0 Å². The summed E-state index contributed by atoms with van der Waals surface area (Å²) in [6.45, 7) is 2.01. The number of hydrogen-bond donors (Lipinski definition) is 2. The maximum Gasteiger partial charge on any atom is 0.227 e. The minimum Gasteiger partial charge on any atom is -0.326 e. The van der Waals surface area contributed by atoms with E-state index in [-0.39, 0.29) is 23.7 Å². The summed E-state index contributed by atoms with van der Waals surface area (Å²) in [5.74, 6) is 0.0979. The highest BCUT2D eigenvalue weighted by Gasteiger charge is 2.30. The Morgan fingerprint density at radius 1 is 0.760 bits per heavy atom. The van der Waals surface area contributed by atoms with E-state index in [1.165, 1.54) is 0 Å². The Balaban J connectivity index is 1.49. The summed E-state index contributed by atoms with van der Waals surface area (Å²) in [6.07, 6.45) is 3.02. The smallest absolute Gasteiger partial charge is 0.227 e. The Kier molecular flexibility index (Phi) is 5.49. The molecule has 0 bridgehead atoms. The highest BCUT2D eigenvalue weighted by atomic mass is 16.2. The second-order valence-corrected chi connectivity index (χ2v) is 6.76. The van der Waals surface area contributed by atoms with Gasteiger partial charge in [0, 0.05) is 23.2 Å². The van der Waals surface area contributed by atoms with Crippen molar-refractivity contribution in [2.75, 3.05) is 10.6 Å². The van der Waals surface area contributed by atoms with Gasteiger partial charge in [-0.2, -0.15) is 0 Å². The van der Waals surface area contributed by atoms with Crippen molar-refractivity contribution in [3.05, 3.63) is 60.2 Å². The molecule has 2 N–H and O–H groups in total. The molecular formula is C21H24N2O2. The van der Waals surface area contributed by atoms with Gasteiger partial charge in [0.15, 0.2) is 0 Å². The molecule has 0 aromatic heterocycles. The van der Waals surface area contributed by atoms with Gasteiger partial charge in [-0.15, -0.1) is 0 Å². The van der Waals surface area contributed by atoms with Crippen molar-refractivity contribution in [1.82, 2.24) is 0 Å². The molecule has 4 nitrogen and oxygen atoms in total. The largest absolute Gasteiger partial charge is 0.326 e. The van der Waals surface area contributed by atoms with Gasteiger partial charge >= 0.3 is 0 Å². The molecule has 4 heteroatoms. The average Bonchev–Trinajstić information content (AvgIpc) is 2.62. The van der Waals surface area contributed by atoms with E-state index < -0.39 is 0 Å². The highest BCUT2D eigenvalue weighted by molar-refractivity contribution is 5.94. The van der Waals surface area contributed by atoms with Crippen LogP contribution < -0.4 is 10.6 Å². The number of amides is 2. The fourth-order valence-corrected chi connectivity index (χ4v) is 3.35. The summed E-state index contributed by atoms with van der Waals surface area (Å²) in [6, 6.07) is 17.3. The van der Waals surface area contributed by atoms with Crippen LogP contribution in [0.1, 0.15) is 31.2 Å². The molecule has 2 aromatic carbocycles. The molecule has 0 heterocycles. The molecular weight excluding hydrogens is 312 g/mol. The SMILES string of the molecule is Cc1cccc(NC(=O)C2CCC(C(=O)Nc3ccccc3)CC2)c1. The van der Waals surface area contributed by atoms with Crippen molar-refractivity contribution < 1.29 is 9.59 Å². The van der Waals surface area contributed by atoms with Gasteiger partial charge < -0.3 is 10.6 Å². The zero-order chi connectivity index (χ0) is 17.6. The van der Waals surface area contributed by atoms with Crippen LogP contribution in [0.25, 0.3) is 0 Å². The first-order valence-electron chi connectivity index (χ1n) is 8.85. The van der Waals surface area contributed by atoms with E-state index in [4.69, 9.17) is 0 Å². The first-order valence-corrected chi connectivity index (χ1v) is 8.85. The minimum absolute atomic E-state index is 0.0109. The Hall–Kier alpha value is -2.62. The maximum absolute atomic E-state index is 12.4. The van der Waals surface area contributed by atoms with Gasteiger partial charge in [-0.3, -0.25) is 9.59 Å². The van der Waals surface area contributed by atoms with Gasteiger partial charge in [-0.05, 0) is 62.4 Å². The van der Waals surface area contributed by atoms with E-state index in [0.29, 0.717) is 0 Å². The quantitative estimate of drug-likeness (QED) is 0.870. The summed E-state index contributed by atoms with van der Waals surface area (Å²) >= 11 is 0. The molecule has 0 spiro atoms. The van der Waals surface area contributed by atoms with Crippen LogP contribution in [0.2, 0.25) is 0 Å². The lowest BCUT2D eigenvalue weighted by molar-refractivity contribution is -0.125. The first-order chi connectivity index (χ1) is 12.1. The van der Waals surface area contributed by atoms with Crippen molar-refractivity contribution in [2.24, 2.45) is 11.8 Å². The number of aryl methyl sites for hydroxylation is 1. The fourth-order valence-electron chi connectivity index (χ4n) is 3.35. The fraction of sp³-hybridized carbons (Fsp3) is 0.333. The summed E-state index contributed by atoms with van der Waals surface area (Å²) < 4.78 is 0. The summed E-state index contributed by atoms with van der Waals surface area (Å²) in [7, 11) is 0. The van der Waals surface area contributed by atoms with Gasteiger partial charge in [-0.1, -0.05) is 30.3 Å². The molecule has 1 aliphatic rings. The number of carbonyl (C=O) groups is 2. The Bertz CT molecular complexity index is 735. The number of hydrogen-bond acceptors (Lipinski definition) is 2. The average molecular weight is 336 g/mol. The lowest BCUT2D eigenvalue weighted by atomic mass is 9.81. The monoisotopic (exact) mass is 336 g/mol. The van der Waals surface area contributed by atoms with E-state index in [2.05, 4.69) is 10.6 Å². The molecule has 0 atom stereocenters. The third-order valence-electron chi connectivity index (χ3n) is 4.80. The number of carbonyl (C=O) groups excluding carboxylic acids is 2. The second kappa shape index (κ2) is 7.97. The summed E-state index contributed by atoms with van der Waals surface area (Å²) in [4.78, 5) is 24.8. The molecule has 3 rings (SSSR count). The number of rotatable bonds is 4. The number of benzene rings is 2. The molecule has 130 valence electrons. The standard InChI is InChI=1S/C21H24N2O2/c1-15-6-5-9-19(14-15)23-21(25)17-12-10-16(11-13-17)20(24)22-18-7-3-2-4-8-18/h2-9,14,16-17H,10-13H2,1H3,(H,22,24)(H,23,25). The Morgan fingerprint density at radius 3 is 1.84 bits per heavy atom. The Morgan fingerprint density at radius 2 is 1.28 bits per heavy atom. The van der Waals surface area contributed by atoms with Crippen molar-refractivity contribution in [1.29, 1.82) is 0 Å². The molecule has 0 radical (unpaired) electrons. The van der Waals surface area contributed by atoms with E-state index in [0.717, 1.165) is 42.6 Å². The second-order valence-electron chi connectivity index (χ2n) is 6.76. The molecule has 1 saturated carbocycles. The normalized spacial score (nSPS) is 19.9. The lowest BCUT2D eigenvalue weighted by Gasteiger charge is -2.27. The van der Waals surface area contributed by atoms with Crippen LogP contribution in [0.4, 0.5) is 11.4 Å². The zero-order valence-corrected chi connectivity index (χ0v) is 14.5. The van der Waals surface area contributed by atoms with Crippen LogP contribution in [0.3, 0.4) is 0 Å². The summed E-state index contributed by atoms with van der Waals surface area (Å²) in [5.41, 5.74) is 2.79. The predicted octanol–water partition coefficient (Wildman–Crippen LogP) is 4.38. The van der Waals surface area contributed by atoms with E-state index in [1.54, 1.807) is 0 Å². The van der Waals surface area contributed by atoms with Crippen LogP contribution >= 0.6 is 0 Å². The van der Waals surface area contributed by atoms with Crippen LogP contribution in [0, 0.1) is 18.8 Å². The molecule has 0 unspecified atom stereocenters. The molecule has 2 aromatic rings. The molecule has 0 aliphatic heterocycles. The molecule has 2 amide bonds. The highest BCUT2D eigenvalue weighted by Crippen LogP contribution is 2.30. The van der Waals surface area contributed by atoms with Gasteiger partial charge in [0.05, 0.1) is 0 Å². The molecule has 0 saturated heterocycles. The van der Waals surface area contributed by atoms with E-state index >= 15 is 0 Å². The van der Waals surface area contributed by atoms with Crippen LogP contribution in [-0.2, 0) is 9.59 Å². The van der Waals surface area contributed by atoms with E-state index in [9.17, 15) is 9.59 Å². The van der Waals surface area contributed by atoms with Crippen LogP contribution in [0.5, 0.6) is 0 Å². The number of anilines is 2. The van der Waals surface area contributed by atoms with Crippen molar-refractivity contribution in [3.8, 4) is 0 Å². The first kappa shape index (κ1) is 17.2. The summed E-state index contributed by atoms with van der Waals surface area (Å²) in [5, 5.41) is 5.96. The van der Waals surface area contributed by atoms with Crippen molar-refractivity contribution in [3.63, 3.8) is 0 Å². The maximum atomic E-state index is 12.4. The number of nitrogens with one attached hydrogen (secondary N) is 2. The lowest BCUT2D eigenvalue weighted by Crippen LogP contribution is -2.32. The van der Waals surface area contributed by atoms with Gasteiger partial charge in [0.1, 0.15) is 0 Å². The Labute approximate surface area is 148 Å². The predicted molar refractivity (Wildman–Crippen MR) is 100 cm³/mol. The third-order valence-corrected chi connectivity index (χ3v) is 4.80.